The van der Waals surface area contributed by atoms with E-state index in [1.807, 2.05) is 47.2 Å². The molecule has 1 aromatic heterocycles. The van der Waals surface area contributed by atoms with Crippen LogP contribution in [-0.2, 0) is 0 Å². The minimum absolute atomic E-state index is 0.562. The van der Waals surface area contributed by atoms with E-state index in [1.165, 1.54) is 0 Å². The highest BCUT2D eigenvalue weighted by Crippen LogP contribution is 2.29. The molecule has 3 aromatic rings. The quantitative estimate of drug-likeness (QED) is 0.659. The van der Waals surface area contributed by atoms with Gasteiger partial charge in [-0.25, -0.2) is 4.98 Å². The molecule has 0 amide bonds. The largest absolute Gasteiger partial charge is 0.306 e. The van der Waals surface area contributed by atoms with E-state index in [0.29, 0.717) is 10.0 Å². The van der Waals surface area contributed by atoms with Gasteiger partial charge < -0.3 is 4.57 Å². The van der Waals surface area contributed by atoms with Crippen molar-refractivity contribution in [1.82, 2.24) is 9.55 Å². The maximum absolute atomic E-state index is 6.06. The number of imidazole rings is 1. The zero-order chi connectivity index (χ0) is 13.2. The number of nitrogens with zero attached hydrogens (tertiary/aromatic N) is 2. The zero-order valence-corrected chi connectivity index (χ0v) is 11.4. The van der Waals surface area contributed by atoms with Gasteiger partial charge in [0.05, 0.1) is 16.4 Å². The second-order valence-electron chi connectivity index (χ2n) is 4.15. The van der Waals surface area contributed by atoms with Crippen molar-refractivity contribution >= 4 is 23.2 Å². The summed E-state index contributed by atoms with van der Waals surface area (Å²) in [5, 5.41) is 1.13. The first kappa shape index (κ1) is 12.3. The van der Waals surface area contributed by atoms with Crippen LogP contribution >= 0.6 is 23.2 Å². The van der Waals surface area contributed by atoms with Crippen molar-refractivity contribution in [3.05, 3.63) is 71.2 Å². The van der Waals surface area contributed by atoms with Gasteiger partial charge >= 0.3 is 0 Å². The van der Waals surface area contributed by atoms with E-state index >= 15 is 0 Å². The van der Waals surface area contributed by atoms with Crippen LogP contribution in [0.4, 0.5) is 0 Å². The maximum Gasteiger partial charge on any atom is 0.0991 e. The lowest BCUT2D eigenvalue weighted by molar-refractivity contribution is 1.06. The maximum atomic E-state index is 6.06. The van der Waals surface area contributed by atoms with Gasteiger partial charge in [-0.05, 0) is 35.4 Å². The van der Waals surface area contributed by atoms with Gasteiger partial charge in [0.15, 0.2) is 0 Å². The molecule has 4 heteroatoms. The minimum Gasteiger partial charge on any atom is -0.306 e. The van der Waals surface area contributed by atoms with Gasteiger partial charge in [0.25, 0.3) is 0 Å². The summed E-state index contributed by atoms with van der Waals surface area (Å²) in [6.07, 6.45) is 5.44. The number of aromatic nitrogens is 2. The molecule has 0 aliphatic carbocycles. The van der Waals surface area contributed by atoms with Gasteiger partial charge in [-0.15, -0.1) is 0 Å². The number of halogens is 2. The highest BCUT2D eigenvalue weighted by Gasteiger charge is 2.03. The van der Waals surface area contributed by atoms with Crippen LogP contribution in [0.25, 0.3) is 16.8 Å². The molecule has 0 fully saturated rings. The van der Waals surface area contributed by atoms with Gasteiger partial charge in [-0.1, -0.05) is 41.4 Å². The predicted molar refractivity (Wildman–Crippen MR) is 79.0 cm³/mol. The molecule has 19 heavy (non-hydrogen) atoms. The lowest BCUT2D eigenvalue weighted by Gasteiger charge is -2.07. The number of rotatable bonds is 2. The third kappa shape index (κ3) is 2.50. The Bertz CT molecular complexity index is 706. The summed E-state index contributed by atoms with van der Waals surface area (Å²) in [7, 11) is 0. The van der Waals surface area contributed by atoms with Crippen molar-refractivity contribution in [1.29, 1.82) is 0 Å². The molecule has 0 radical (unpaired) electrons. The van der Waals surface area contributed by atoms with Gasteiger partial charge in [0.1, 0.15) is 0 Å². The van der Waals surface area contributed by atoms with Crippen LogP contribution in [-0.4, -0.2) is 9.55 Å². The van der Waals surface area contributed by atoms with E-state index in [1.54, 1.807) is 12.5 Å². The molecule has 0 aliphatic heterocycles. The van der Waals surface area contributed by atoms with Crippen molar-refractivity contribution in [3.8, 4) is 16.8 Å². The Hall–Kier alpha value is -1.77. The second-order valence-corrected chi connectivity index (χ2v) is 4.96. The molecule has 0 spiro atoms. The molecule has 0 N–H and O–H groups in total. The number of hydrogen-bond acceptors (Lipinski definition) is 1. The molecule has 0 aliphatic rings. The lowest BCUT2D eigenvalue weighted by atomic mass is 10.1. The van der Waals surface area contributed by atoms with Crippen molar-refractivity contribution < 1.29 is 0 Å². The molecular weight excluding hydrogens is 279 g/mol. The van der Waals surface area contributed by atoms with E-state index in [0.717, 1.165) is 16.8 Å². The van der Waals surface area contributed by atoms with Crippen LogP contribution in [0.1, 0.15) is 0 Å². The van der Waals surface area contributed by atoms with Gasteiger partial charge in [-0.2, -0.15) is 0 Å². The third-order valence-electron chi connectivity index (χ3n) is 2.90. The van der Waals surface area contributed by atoms with Crippen LogP contribution in [0.3, 0.4) is 0 Å². The molecule has 94 valence electrons. The predicted octanol–water partition coefficient (Wildman–Crippen LogP) is 4.85. The normalized spacial score (nSPS) is 10.6. The Morgan fingerprint density at radius 3 is 2.47 bits per heavy atom. The Morgan fingerprint density at radius 2 is 1.74 bits per heavy atom. The van der Waals surface area contributed by atoms with Crippen LogP contribution in [0.2, 0.25) is 10.0 Å². The number of hydrogen-bond donors (Lipinski definition) is 0. The smallest absolute Gasteiger partial charge is 0.0991 e. The Morgan fingerprint density at radius 1 is 0.895 bits per heavy atom. The van der Waals surface area contributed by atoms with Crippen molar-refractivity contribution in [2.75, 3.05) is 0 Å². The molecular formula is C15H10Cl2N2. The summed E-state index contributed by atoms with van der Waals surface area (Å²) < 4.78 is 1.96. The van der Waals surface area contributed by atoms with Crippen molar-refractivity contribution in [2.45, 2.75) is 0 Å². The fourth-order valence-electron chi connectivity index (χ4n) is 1.93. The standard InChI is InChI=1S/C15H10Cl2N2/c16-14-5-4-12(9-15(14)17)11-2-1-3-13(8-11)19-7-6-18-10-19/h1-10H. The highest BCUT2D eigenvalue weighted by molar-refractivity contribution is 6.42. The topological polar surface area (TPSA) is 17.8 Å². The minimum atomic E-state index is 0.562. The first-order valence-corrected chi connectivity index (χ1v) is 6.53. The molecule has 2 aromatic carbocycles. The molecule has 0 saturated carbocycles. The Kier molecular flexibility index (Phi) is 3.28. The van der Waals surface area contributed by atoms with Gasteiger partial charge in [0.2, 0.25) is 0 Å². The van der Waals surface area contributed by atoms with E-state index in [4.69, 9.17) is 23.2 Å². The van der Waals surface area contributed by atoms with Gasteiger partial charge in [-0.3, -0.25) is 0 Å². The molecule has 1 heterocycles. The summed E-state index contributed by atoms with van der Waals surface area (Å²) >= 11 is 12.0. The summed E-state index contributed by atoms with van der Waals surface area (Å²) in [6.45, 7) is 0. The Balaban J connectivity index is 2.06. The zero-order valence-electron chi connectivity index (χ0n) is 9.92. The van der Waals surface area contributed by atoms with E-state index in [9.17, 15) is 0 Å². The molecule has 0 unspecified atom stereocenters. The molecule has 0 bridgehead atoms. The first-order chi connectivity index (χ1) is 9.24. The van der Waals surface area contributed by atoms with E-state index in [-0.39, 0.29) is 0 Å². The van der Waals surface area contributed by atoms with Crippen LogP contribution in [0, 0.1) is 0 Å². The Labute approximate surface area is 121 Å². The lowest BCUT2D eigenvalue weighted by Crippen LogP contribution is -1.90. The molecule has 3 rings (SSSR count). The fourth-order valence-corrected chi connectivity index (χ4v) is 2.23. The molecule has 2 nitrogen and oxygen atoms in total. The first-order valence-electron chi connectivity index (χ1n) is 5.78. The van der Waals surface area contributed by atoms with Crippen molar-refractivity contribution in [3.63, 3.8) is 0 Å². The SMILES string of the molecule is Clc1ccc(-c2cccc(-n3ccnc3)c2)cc1Cl. The molecule has 0 atom stereocenters. The third-order valence-corrected chi connectivity index (χ3v) is 3.64. The monoisotopic (exact) mass is 288 g/mol. The highest BCUT2D eigenvalue weighted by atomic mass is 35.5. The average Bonchev–Trinajstić information content (AvgIpc) is 2.96. The average molecular weight is 289 g/mol. The van der Waals surface area contributed by atoms with E-state index in [2.05, 4.69) is 11.1 Å². The van der Waals surface area contributed by atoms with Crippen LogP contribution in [0.5, 0.6) is 0 Å². The van der Waals surface area contributed by atoms with Crippen molar-refractivity contribution in [2.24, 2.45) is 0 Å². The van der Waals surface area contributed by atoms with E-state index < -0.39 is 0 Å². The van der Waals surface area contributed by atoms with Gasteiger partial charge in [0, 0.05) is 18.1 Å². The van der Waals surface area contributed by atoms with Crippen LogP contribution < -0.4 is 0 Å². The summed E-state index contributed by atoms with van der Waals surface area (Å²) in [5.74, 6) is 0. The van der Waals surface area contributed by atoms with Crippen LogP contribution in [0.15, 0.2) is 61.2 Å². The second kappa shape index (κ2) is 5.08. The fraction of sp³-hybridized carbons (Fsp3) is 0. The summed E-state index contributed by atoms with van der Waals surface area (Å²) in [4.78, 5) is 4.05. The summed E-state index contributed by atoms with van der Waals surface area (Å²) in [5.41, 5.74) is 3.18. The molecule has 0 saturated heterocycles. The number of benzene rings is 2. The summed E-state index contributed by atoms with van der Waals surface area (Å²) in [6, 6.07) is 13.8.